The zero-order chi connectivity index (χ0) is 9.97. The Balaban J connectivity index is 2.33. The summed E-state index contributed by atoms with van der Waals surface area (Å²) in [6, 6.07) is 3.06. The molecule has 0 unspecified atom stereocenters. The van der Waals surface area contributed by atoms with E-state index in [1.165, 1.54) is 17.4 Å². The Labute approximate surface area is 84.6 Å². The van der Waals surface area contributed by atoms with Gasteiger partial charge < -0.3 is 10.3 Å². The van der Waals surface area contributed by atoms with Crippen molar-refractivity contribution in [2.75, 3.05) is 5.73 Å². The first kappa shape index (κ1) is 8.96. The Hall–Kier alpha value is -1.62. The minimum atomic E-state index is -0.0607. The fourth-order valence-electron chi connectivity index (χ4n) is 1.15. The summed E-state index contributed by atoms with van der Waals surface area (Å²) < 4.78 is 1.55. The molecule has 2 N–H and O–H groups in total. The molecule has 2 aromatic rings. The van der Waals surface area contributed by atoms with E-state index in [2.05, 4.69) is 4.98 Å². The van der Waals surface area contributed by atoms with Crippen LogP contribution in [0.4, 0.5) is 5.69 Å². The van der Waals surface area contributed by atoms with Crippen LogP contribution in [0, 0.1) is 0 Å². The quantitative estimate of drug-likeness (QED) is 0.797. The third-order valence-electron chi connectivity index (χ3n) is 1.80. The van der Waals surface area contributed by atoms with Crippen LogP contribution in [0.25, 0.3) is 0 Å². The average molecular weight is 207 g/mol. The highest BCUT2D eigenvalue weighted by Gasteiger charge is 1.99. The molecule has 5 heteroatoms. The molecule has 0 fully saturated rings. The van der Waals surface area contributed by atoms with Gasteiger partial charge in [0.2, 0.25) is 0 Å². The minimum absolute atomic E-state index is 0.0607. The second kappa shape index (κ2) is 3.63. The Morgan fingerprint density at radius 2 is 2.36 bits per heavy atom. The minimum Gasteiger partial charge on any atom is -0.398 e. The van der Waals surface area contributed by atoms with Crippen LogP contribution in [0.15, 0.2) is 34.7 Å². The van der Waals surface area contributed by atoms with Gasteiger partial charge >= 0.3 is 0 Å². The SMILES string of the molecule is Nc1ccc(=O)n(Cc2nccs2)c1. The van der Waals surface area contributed by atoms with Gasteiger partial charge in [0.05, 0.1) is 6.54 Å². The lowest BCUT2D eigenvalue weighted by Gasteiger charge is -2.02. The summed E-state index contributed by atoms with van der Waals surface area (Å²) in [5.74, 6) is 0. The largest absolute Gasteiger partial charge is 0.398 e. The lowest BCUT2D eigenvalue weighted by Crippen LogP contribution is -2.19. The van der Waals surface area contributed by atoms with Crippen molar-refractivity contribution in [3.05, 3.63) is 45.3 Å². The molecule has 2 rings (SSSR count). The van der Waals surface area contributed by atoms with Crippen LogP contribution < -0.4 is 11.3 Å². The van der Waals surface area contributed by atoms with Gasteiger partial charge in [-0.1, -0.05) is 0 Å². The van der Waals surface area contributed by atoms with Gasteiger partial charge in [0.25, 0.3) is 5.56 Å². The van der Waals surface area contributed by atoms with Crippen molar-refractivity contribution in [2.45, 2.75) is 6.54 Å². The zero-order valence-electron chi connectivity index (χ0n) is 7.38. The molecule has 72 valence electrons. The number of rotatable bonds is 2. The van der Waals surface area contributed by atoms with Crippen molar-refractivity contribution >= 4 is 17.0 Å². The van der Waals surface area contributed by atoms with Crippen molar-refractivity contribution in [3.8, 4) is 0 Å². The second-order valence-corrected chi connectivity index (χ2v) is 3.83. The van der Waals surface area contributed by atoms with Crippen LogP contribution in [0.3, 0.4) is 0 Å². The number of nitrogens with zero attached hydrogens (tertiary/aromatic N) is 2. The fraction of sp³-hybridized carbons (Fsp3) is 0.111. The van der Waals surface area contributed by atoms with E-state index in [1.807, 2.05) is 5.38 Å². The summed E-state index contributed by atoms with van der Waals surface area (Å²) in [4.78, 5) is 15.5. The molecule has 2 aromatic heterocycles. The molecule has 0 radical (unpaired) electrons. The Kier molecular flexibility index (Phi) is 2.32. The van der Waals surface area contributed by atoms with Gasteiger partial charge in [-0.05, 0) is 6.07 Å². The molecule has 4 nitrogen and oxygen atoms in total. The first-order valence-corrected chi connectivity index (χ1v) is 4.98. The second-order valence-electron chi connectivity index (χ2n) is 2.85. The van der Waals surface area contributed by atoms with Gasteiger partial charge in [-0.25, -0.2) is 4.98 Å². The fourth-order valence-corrected chi connectivity index (χ4v) is 1.76. The number of aromatic nitrogens is 2. The van der Waals surface area contributed by atoms with E-state index in [-0.39, 0.29) is 5.56 Å². The number of pyridine rings is 1. The Morgan fingerprint density at radius 3 is 3.07 bits per heavy atom. The highest BCUT2D eigenvalue weighted by Crippen LogP contribution is 2.06. The number of thiazole rings is 1. The van der Waals surface area contributed by atoms with Gasteiger partial charge in [0.1, 0.15) is 5.01 Å². The molecular formula is C9H9N3OS. The lowest BCUT2D eigenvalue weighted by atomic mass is 10.4. The summed E-state index contributed by atoms with van der Waals surface area (Å²) in [7, 11) is 0. The molecule has 0 aliphatic carbocycles. The van der Waals surface area contributed by atoms with Crippen molar-refractivity contribution in [1.29, 1.82) is 0 Å². The smallest absolute Gasteiger partial charge is 0.251 e. The first-order valence-electron chi connectivity index (χ1n) is 4.10. The maximum Gasteiger partial charge on any atom is 0.251 e. The summed E-state index contributed by atoms with van der Waals surface area (Å²) in [6.45, 7) is 0.488. The summed E-state index contributed by atoms with van der Waals surface area (Å²) >= 11 is 1.52. The maximum atomic E-state index is 11.4. The van der Waals surface area contributed by atoms with E-state index >= 15 is 0 Å². The topological polar surface area (TPSA) is 60.9 Å². The number of anilines is 1. The molecule has 0 amide bonds. The Bertz CT molecular complexity index is 475. The lowest BCUT2D eigenvalue weighted by molar-refractivity contribution is 0.756. The first-order chi connectivity index (χ1) is 6.75. The highest BCUT2D eigenvalue weighted by atomic mass is 32.1. The number of nitrogen functional groups attached to an aromatic ring is 1. The monoisotopic (exact) mass is 207 g/mol. The van der Waals surface area contributed by atoms with Crippen LogP contribution in [-0.4, -0.2) is 9.55 Å². The molecule has 0 saturated heterocycles. The van der Waals surface area contributed by atoms with Crippen LogP contribution in [0.1, 0.15) is 5.01 Å². The molecule has 0 aliphatic rings. The van der Waals surface area contributed by atoms with Crippen molar-refractivity contribution in [3.63, 3.8) is 0 Å². The third-order valence-corrected chi connectivity index (χ3v) is 2.56. The van der Waals surface area contributed by atoms with Crippen molar-refractivity contribution in [1.82, 2.24) is 9.55 Å². The van der Waals surface area contributed by atoms with Crippen LogP contribution in [0.2, 0.25) is 0 Å². The van der Waals surface area contributed by atoms with E-state index in [9.17, 15) is 4.79 Å². The molecule has 14 heavy (non-hydrogen) atoms. The zero-order valence-corrected chi connectivity index (χ0v) is 8.20. The van der Waals surface area contributed by atoms with E-state index in [1.54, 1.807) is 23.0 Å². The molecule has 0 aromatic carbocycles. The van der Waals surface area contributed by atoms with Gasteiger partial charge in [-0.2, -0.15) is 0 Å². The van der Waals surface area contributed by atoms with E-state index in [4.69, 9.17) is 5.73 Å². The van der Waals surface area contributed by atoms with Crippen LogP contribution in [-0.2, 0) is 6.54 Å². The molecule has 0 spiro atoms. The summed E-state index contributed by atoms with van der Waals surface area (Å²) in [5.41, 5.74) is 6.10. The van der Waals surface area contributed by atoms with E-state index in [0.717, 1.165) is 5.01 Å². The third kappa shape index (κ3) is 1.82. The molecule has 0 saturated carbocycles. The standard InChI is InChI=1S/C9H9N3OS/c10-7-1-2-9(13)12(5-7)6-8-11-3-4-14-8/h1-5H,6,10H2. The van der Waals surface area contributed by atoms with Gasteiger partial charge in [0.15, 0.2) is 0 Å². The van der Waals surface area contributed by atoms with E-state index in [0.29, 0.717) is 12.2 Å². The molecule has 0 bridgehead atoms. The number of hydrogen-bond donors (Lipinski definition) is 1. The van der Waals surface area contributed by atoms with Gasteiger partial charge in [0, 0.05) is 29.5 Å². The van der Waals surface area contributed by atoms with E-state index < -0.39 is 0 Å². The molecule has 0 aliphatic heterocycles. The number of hydrogen-bond acceptors (Lipinski definition) is 4. The number of nitrogens with two attached hydrogens (primary N) is 1. The van der Waals surface area contributed by atoms with Crippen molar-refractivity contribution < 1.29 is 0 Å². The summed E-state index contributed by atoms with van der Waals surface area (Å²) in [5, 5.41) is 2.78. The van der Waals surface area contributed by atoms with Gasteiger partial charge in [-0.15, -0.1) is 11.3 Å². The predicted molar refractivity (Wildman–Crippen MR) is 56.3 cm³/mol. The normalized spacial score (nSPS) is 10.3. The molecular weight excluding hydrogens is 198 g/mol. The van der Waals surface area contributed by atoms with Crippen molar-refractivity contribution in [2.24, 2.45) is 0 Å². The van der Waals surface area contributed by atoms with Crippen LogP contribution >= 0.6 is 11.3 Å². The highest BCUT2D eigenvalue weighted by molar-refractivity contribution is 7.09. The average Bonchev–Trinajstić information content (AvgIpc) is 2.64. The molecule has 2 heterocycles. The predicted octanol–water partition coefficient (Wildman–Crippen LogP) is 0.935. The van der Waals surface area contributed by atoms with Gasteiger partial charge in [-0.3, -0.25) is 4.79 Å². The molecule has 0 atom stereocenters. The Morgan fingerprint density at radius 1 is 1.50 bits per heavy atom. The van der Waals surface area contributed by atoms with Crippen LogP contribution in [0.5, 0.6) is 0 Å². The summed E-state index contributed by atoms with van der Waals surface area (Å²) in [6.07, 6.45) is 3.35. The maximum absolute atomic E-state index is 11.4.